The summed E-state index contributed by atoms with van der Waals surface area (Å²) < 4.78 is 11.4. The van der Waals surface area contributed by atoms with Crippen molar-refractivity contribution in [2.24, 2.45) is 0 Å². The topological polar surface area (TPSA) is 59.6 Å². The molecule has 5 nitrogen and oxygen atoms in total. The number of hydrogen-bond donors (Lipinski definition) is 2. The van der Waals surface area contributed by atoms with Crippen LogP contribution in [0.5, 0.6) is 5.75 Å². The summed E-state index contributed by atoms with van der Waals surface area (Å²) in [5.74, 6) is 0.634. The molecule has 0 saturated carbocycles. The molecule has 122 valence electrons. The van der Waals surface area contributed by atoms with E-state index in [1.807, 2.05) is 13.0 Å². The molecule has 0 radical (unpaired) electrons. The molecule has 1 heterocycles. The number of anilines is 1. The summed E-state index contributed by atoms with van der Waals surface area (Å²) in [5.41, 5.74) is 0.720. The largest absolute Gasteiger partial charge is 0.489 e. The average molecular weight is 327 g/mol. The zero-order chi connectivity index (χ0) is 15.8. The number of benzene rings is 1. The number of ether oxygens (including phenoxy) is 2. The molecule has 6 heteroatoms. The van der Waals surface area contributed by atoms with Gasteiger partial charge in [0, 0.05) is 18.2 Å². The summed E-state index contributed by atoms with van der Waals surface area (Å²) in [7, 11) is 0. The van der Waals surface area contributed by atoms with Crippen LogP contribution in [0, 0.1) is 0 Å². The Bertz CT molecular complexity index is 490. The Labute approximate surface area is 136 Å². The Balaban J connectivity index is 1.90. The number of hydrogen-bond acceptors (Lipinski definition) is 4. The van der Waals surface area contributed by atoms with Gasteiger partial charge >= 0.3 is 0 Å². The summed E-state index contributed by atoms with van der Waals surface area (Å²) in [6.45, 7) is 4.20. The molecule has 1 aliphatic heterocycles. The van der Waals surface area contributed by atoms with Gasteiger partial charge in [0.05, 0.1) is 18.3 Å². The van der Waals surface area contributed by atoms with Crippen LogP contribution in [0.3, 0.4) is 0 Å². The second kappa shape index (κ2) is 8.86. The van der Waals surface area contributed by atoms with Crippen molar-refractivity contribution in [3.05, 3.63) is 23.2 Å². The summed E-state index contributed by atoms with van der Waals surface area (Å²) in [6.07, 6.45) is 3.17. The molecule has 1 amide bonds. The van der Waals surface area contributed by atoms with Crippen molar-refractivity contribution in [3.8, 4) is 5.75 Å². The van der Waals surface area contributed by atoms with E-state index in [1.165, 1.54) is 0 Å². The highest BCUT2D eigenvalue weighted by molar-refractivity contribution is 6.30. The maximum Gasteiger partial charge on any atom is 0.239 e. The van der Waals surface area contributed by atoms with E-state index in [9.17, 15) is 4.79 Å². The van der Waals surface area contributed by atoms with E-state index in [4.69, 9.17) is 21.1 Å². The van der Waals surface area contributed by atoms with Gasteiger partial charge in [0.15, 0.2) is 0 Å². The quantitative estimate of drug-likeness (QED) is 0.771. The lowest BCUT2D eigenvalue weighted by Crippen LogP contribution is -2.30. The molecule has 1 aromatic carbocycles. The number of amides is 1. The fourth-order valence-corrected chi connectivity index (χ4v) is 2.40. The Morgan fingerprint density at radius 2 is 2.36 bits per heavy atom. The van der Waals surface area contributed by atoms with E-state index in [2.05, 4.69) is 10.6 Å². The van der Waals surface area contributed by atoms with Gasteiger partial charge in [-0.1, -0.05) is 18.5 Å². The standard InChI is InChI=1S/C16H23ClN2O3/c1-2-7-18-16(20)10-19-14-9-12(17)5-6-15(14)22-11-13-4-3-8-21-13/h5-6,9,13,19H,2-4,7-8,10-11H2,1H3,(H,18,20)/t13-/m1/s1. The molecular formula is C16H23ClN2O3. The molecule has 0 spiro atoms. The number of nitrogens with one attached hydrogen (secondary N) is 2. The molecule has 1 atom stereocenters. The Morgan fingerprint density at radius 1 is 1.50 bits per heavy atom. The summed E-state index contributed by atoms with van der Waals surface area (Å²) in [4.78, 5) is 11.7. The van der Waals surface area contributed by atoms with Crippen molar-refractivity contribution >= 4 is 23.2 Å². The molecule has 0 unspecified atom stereocenters. The number of rotatable bonds is 8. The Hall–Kier alpha value is -1.46. The molecule has 2 rings (SSSR count). The molecule has 1 aliphatic rings. The van der Waals surface area contributed by atoms with Crippen LogP contribution >= 0.6 is 11.6 Å². The van der Waals surface area contributed by atoms with Gasteiger partial charge in [-0.25, -0.2) is 0 Å². The average Bonchev–Trinajstić information content (AvgIpc) is 3.03. The molecule has 22 heavy (non-hydrogen) atoms. The third kappa shape index (κ3) is 5.39. The van der Waals surface area contributed by atoms with Crippen LogP contribution in [-0.2, 0) is 9.53 Å². The van der Waals surface area contributed by atoms with Gasteiger partial charge in [-0.3, -0.25) is 4.79 Å². The van der Waals surface area contributed by atoms with Crippen LogP contribution in [-0.4, -0.2) is 38.3 Å². The van der Waals surface area contributed by atoms with Gasteiger partial charge in [-0.05, 0) is 37.5 Å². The normalized spacial score (nSPS) is 17.3. The minimum Gasteiger partial charge on any atom is -0.489 e. The van der Waals surface area contributed by atoms with Gasteiger partial charge < -0.3 is 20.1 Å². The van der Waals surface area contributed by atoms with Crippen LogP contribution in [0.4, 0.5) is 5.69 Å². The predicted octanol–water partition coefficient (Wildman–Crippen LogP) is 2.84. The van der Waals surface area contributed by atoms with Crippen molar-refractivity contribution < 1.29 is 14.3 Å². The first-order valence-electron chi connectivity index (χ1n) is 7.73. The highest BCUT2D eigenvalue weighted by Crippen LogP contribution is 2.28. The zero-order valence-electron chi connectivity index (χ0n) is 12.9. The van der Waals surface area contributed by atoms with Crippen LogP contribution in [0.15, 0.2) is 18.2 Å². The predicted molar refractivity (Wildman–Crippen MR) is 87.7 cm³/mol. The Kier molecular flexibility index (Phi) is 6.80. The van der Waals surface area contributed by atoms with Gasteiger partial charge in [0.2, 0.25) is 5.91 Å². The van der Waals surface area contributed by atoms with Gasteiger partial charge in [-0.15, -0.1) is 0 Å². The SMILES string of the molecule is CCCNC(=O)CNc1cc(Cl)ccc1OC[C@H]1CCCO1. The number of halogens is 1. The highest BCUT2D eigenvalue weighted by Gasteiger charge is 2.17. The van der Waals surface area contributed by atoms with Crippen molar-refractivity contribution in [2.45, 2.75) is 32.3 Å². The van der Waals surface area contributed by atoms with Gasteiger partial charge in [0.1, 0.15) is 12.4 Å². The first-order chi connectivity index (χ1) is 10.7. The molecule has 0 aromatic heterocycles. The van der Waals surface area contributed by atoms with Crippen molar-refractivity contribution in [2.75, 3.05) is 31.6 Å². The van der Waals surface area contributed by atoms with Crippen LogP contribution in [0.1, 0.15) is 26.2 Å². The number of carbonyl (C=O) groups is 1. The van der Waals surface area contributed by atoms with E-state index in [-0.39, 0.29) is 18.6 Å². The lowest BCUT2D eigenvalue weighted by Gasteiger charge is -2.16. The third-order valence-corrected chi connectivity index (χ3v) is 3.64. The first-order valence-corrected chi connectivity index (χ1v) is 8.11. The van der Waals surface area contributed by atoms with Crippen molar-refractivity contribution in [1.29, 1.82) is 0 Å². The second-order valence-corrected chi connectivity index (χ2v) is 5.73. The third-order valence-electron chi connectivity index (χ3n) is 3.40. The first kappa shape index (κ1) is 16.9. The molecule has 1 fully saturated rings. The van der Waals surface area contributed by atoms with Crippen LogP contribution in [0.25, 0.3) is 0 Å². The fraction of sp³-hybridized carbons (Fsp3) is 0.562. The van der Waals surface area contributed by atoms with E-state index in [0.717, 1.165) is 31.6 Å². The number of carbonyl (C=O) groups excluding carboxylic acids is 1. The van der Waals surface area contributed by atoms with Crippen LogP contribution < -0.4 is 15.4 Å². The summed E-state index contributed by atoms with van der Waals surface area (Å²) in [5, 5.41) is 6.49. The van der Waals surface area contributed by atoms with E-state index in [0.29, 0.717) is 23.9 Å². The maximum absolute atomic E-state index is 11.7. The lowest BCUT2D eigenvalue weighted by atomic mass is 10.2. The summed E-state index contributed by atoms with van der Waals surface area (Å²) in [6, 6.07) is 5.35. The van der Waals surface area contributed by atoms with Gasteiger partial charge in [0.25, 0.3) is 0 Å². The second-order valence-electron chi connectivity index (χ2n) is 5.29. The zero-order valence-corrected chi connectivity index (χ0v) is 13.6. The molecule has 1 aromatic rings. The molecule has 2 N–H and O–H groups in total. The van der Waals surface area contributed by atoms with Crippen molar-refractivity contribution in [3.63, 3.8) is 0 Å². The highest BCUT2D eigenvalue weighted by atomic mass is 35.5. The monoisotopic (exact) mass is 326 g/mol. The van der Waals surface area contributed by atoms with E-state index < -0.39 is 0 Å². The minimum atomic E-state index is -0.0492. The van der Waals surface area contributed by atoms with E-state index in [1.54, 1.807) is 12.1 Å². The van der Waals surface area contributed by atoms with Crippen molar-refractivity contribution in [1.82, 2.24) is 5.32 Å². The fourth-order valence-electron chi connectivity index (χ4n) is 2.23. The lowest BCUT2D eigenvalue weighted by molar-refractivity contribution is -0.119. The summed E-state index contributed by atoms with van der Waals surface area (Å²) >= 11 is 6.02. The smallest absolute Gasteiger partial charge is 0.239 e. The minimum absolute atomic E-state index is 0.0492. The molecular weight excluding hydrogens is 304 g/mol. The Morgan fingerprint density at radius 3 is 3.09 bits per heavy atom. The maximum atomic E-state index is 11.7. The molecule has 1 saturated heterocycles. The molecule has 0 aliphatic carbocycles. The van der Waals surface area contributed by atoms with Crippen LogP contribution in [0.2, 0.25) is 5.02 Å². The van der Waals surface area contributed by atoms with E-state index >= 15 is 0 Å². The van der Waals surface area contributed by atoms with Gasteiger partial charge in [-0.2, -0.15) is 0 Å². The molecule has 0 bridgehead atoms.